The van der Waals surface area contributed by atoms with Crippen molar-refractivity contribution in [2.75, 3.05) is 18.0 Å². The van der Waals surface area contributed by atoms with Gasteiger partial charge in [-0.05, 0) is 37.5 Å². The third kappa shape index (κ3) is 2.21. The van der Waals surface area contributed by atoms with Crippen molar-refractivity contribution in [3.05, 3.63) is 40.5 Å². The second-order valence-corrected chi connectivity index (χ2v) is 4.66. The molecule has 0 saturated carbocycles. The van der Waals surface area contributed by atoms with E-state index in [1.54, 1.807) is 0 Å². The molecule has 0 bridgehead atoms. The number of nitrogens with zero attached hydrogens (tertiary/aromatic N) is 3. The Morgan fingerprint density at radius 1 is 1.22 bits per heavy atom. The van der Waals surface area contributed by atoms with E-state index in [4.69, 9.17) is 10.5 Å². The van der Waals surface area contributed by atoms with E-state index < -0.39 is 0 Å². The van der Waals surface area contributed by atoms with Gasteiger partial charge in [0.1, 0.15) is 17.7 Å². The Balaban J connectivity index is 2.27. The number of benzene rings is 1. The molecule has 18 heavy (non-hydrogen) atoms. The maximum atomic E-state index is 8.89. The van der Waals surface area contributed by atoms with Crippen molar-refractivity contribution in [2.24, 2.45) is 0 Å². The standard InChI is InChI=1S/C15H15N3/c1-11-3-4-15(12(2)7-11)18-6-5-13(10-18)14(8-16)9-17/h3-4,7H,5-6,10H2,1-2H3. The highest BCUT2D eigenvalue weighted by atomic mass is 15.1. The molecule has 0 unspecified atom stereocenters. The minimum absolute atomic E-state index is 0.280. The van der Waals surface area contributed by atoms with Crippen LogP contribution in [-0.4, -0.2) is 13.1 Å². The molecule has 1 aliphatic rings. The molecule has 3 heteroatoms. The Hall–Kier alpha value is -2.26. The number of anilines is 1. The van der Waals surface area contributed by atoms with Crippen molar-refractivity contribution < 1.29 is 0 Å². The third-order valence-electron chi connectivity index (χ3n) is 3.34. The van der Waals surface area contributed by atoms with Gasteiger partial charge in [-0.3, -0.25) is 0 Å². The maximum absolute atomic E-state index is 8.89. The summed E-state index contributed by atoms with van der Waals surface area (Å²) in [5, 5.41) is 17.8. The Morgan fingerprint density at radius 3 is 2.56 bits per heavy atom. The van der Waals surface area contributed by atoms with Crippen LogP contribution in [0.3, 0.4) is 0 Å². The lowest BCUT2D eigenvalue weighted by Gasteiger charge is -2.20. The van der Waals surface area contributed by atoms with E-state index in [9.17, 15) is 0 Å². The number of aryl methyl sites for hydroxylation is 2. The van der Waals surface area contributed by atoms with Crippen LogP contribution < -0.4 is 4.90 Å². The summed E-state index contributed by atoms with van der Waals surface area (Å²) < 4.78 is 0. The molecule has 3 nitrogen and oxygen atoms in total. The van der Waals surface area contributed by atoms with Crippen LogP contribution in [0.1, 0.15) is 17.5 Å². The van der Waals surface area contributed by atoms with Crippen LogP contribution in [0.4, 0.5) is 5.69 Å². The first-order valence-corrected chi connectivity index (χ1v) is 6.00. The SMILES string of the molecule is Cc1ccc(N2CCC(=C(C#N)C#N)C2)c(C)c1. The average molecular weight is 237 g/mol. The van der Waals surface area contributed by atoms with Crippen LogP contribution in [0, 0.1) is 36.5 Å². The van der Waals surface area contributed by atoms with Gasteiger partial charge in [-0.15, -0.1) is 0 Å². The molecular weight excluding hydrogens is 222 g/mol. The summed E-state index contributed by atoms with van der Waals surface area (Å²) in [5.74, 6) is 0. The van der Waals surface area contributed by atoms with E-state index in [0.29, 0.717) is 6.54 Å². The van der Waals surface area contributed by atoms with E-state index in [1.165, 1.54) is 16.8 Å². The predicted molar refractivity (Wildman–Crippen MR) is 71.0 cm³/mol. The van der Waals surface area contributed by atoms with Crippen LogP contribution in [0.2, 0.25) is 0 Å². The fourth-order valence-corrected chi connectivity index (χ4v) is 2.41. The molecule has 1 heterocycles. The second-order valence-electron chi connectivity index (χ2n) is 4.66. The molecule has 1 aromatic rings. The first-order chi connectivity index (χ1) is 8.65. The van der Waals surface area contributed by atoms with Crippen LogP contribution >= 0.6 is 0 Å². The molecule has 0 aliphatic carbocycles. The molecule has 1 aliphatic heterocycles. The molecule has 0 N–H and O–H groups in total. The highest BCUT2D eigenvalue weighted by Gasteiger charge is 2.21. The lowest BCUT2D eigenvalue weighted by atomic mass is 10.1. The van der Waals surface area contributed by atoms with Gasteiger partial charge in [-0.25, -0.2) is 0 Å². The second kappa shape index (κ2) is 4.94. The monoisotopic (exact) mass is 237 g/mol. The maximum Gasteiger partial charge on any atom is 0.130 e. The molecule has 1 aromatic carbocycles. The van der Waals surface area contributed by atoms with Crippen molar-refractivity contribution in [1.29, 1.82) is 10.5 Å². The van der Waals surface area contributed by atoms with Crippen molar-refractivity contribution in [3.8, 4) is 12.1 Å². The molecule has 1 saturated heterocycles. The zero-order chi connectivity index (χ0) is 13.1. The normalized spacial score (nSPS) is 14.2. The summed E-state index contributed by atoms with van der Waals surface area (Å²) in [6, 6.07) is 10.3. The van der Waals surface area contributed by atoms with Gasteiger partial charge >= 0.3 is 0 Å². The van der Waals surface area contributed by atoms with Crippen LogP contribution in [0.15, 0.2) is 29.3 Å². The average Bonchev–Trinajstić information content (AvgIpc) is 2.80. The summed E-state index contributed by atoms with van der Waals surface area (Å²) in [6.45, 7) is 5.75. The number of hydrogen-bond acceptors (Lipinski definition) is 3. The first kappa shape index (κ1) is 12.2. The predicted octanol–water partition coefficient (Wildman–Crippen LogP) is 2.86. The molecule has 0 spiro atoms. The fraction of sp³-hybridized carbons (Fsp3) is 0.333. The van der Waals surface area contributed by atoms with Crippen LogP contribution in [0.25, 0.3) is 0 Å². The Kier molecular flexibility index (Phi) is 3.35. The van der Waals surface area contributed by atoms with Crippen LogP contribution in [-0.2, 0) is 0 Å². The summed E-state index contributed by atoms with van der Waals surface area (Å²) in [6.07, 6.45) is 0.809. The quantitative estimate of drug-likeness (QED) is 0.706. The van der Waals surface area contributed by atoms with E-state index in [2.05, 4.69) is 36.9 Å². The molecule has 90 valence electrons. The number of allylic oxidation sites excluding steroid dienone is 1. The largest absolute Gasteiger partial charge is 0.367 e. The van der Waals surface area contributed by atoms with Gasteiger partial charge in [0, 0.05) is 18.8 Å². The molecule has 0 radical (unpaired) electrons. The number of hydrogen-bond donors (Lipinski definition) is 0. The first-order valence-electron chi connectivity index (χ1n) is 6.00. The van der Waals surface area contributed by atoms with E-state index >= 15 is 0 Å². The minimum atomic E-state index is 0.280. The Bertz CT molecular complexity index is 569. The van der Waals surface area contributed by atoms with Gasteiger partial charge < -0.3 is 4.90 Å². The van der Waals surface area contributed by atoms with E-state index in [1.807, 2.05) is 12.1 Å². The summed E-state index contributed by atoms with van der Waals surface area (Å²) in [4.78, 5) is 2.23. The lowest BCUT2D eigenvalue weighted by Crippen LogP contribution is -2.19. The van der Waals surface area contributed by atoms with Crippen molar-refractivity contribution in [2.45, 2.75) is 20.3 Å². The molecule has 0 atom stereocenters. The molecule has 0 aromatic heterocycles. The zero-order valence-corrected chi connectivity index (χ0v) is 10.7. The van der Waals surface area contributed by atoms with Gasteiger partial charge in [0.2, 0.25) is 0 Å². The Labute approximate surface area is 108 Å². The number of nitriles is 2. The van der Waals surface area contributed by atoms with Gasteiger partial charge in [0.25, 0.3) is 0 Å². The number of rotatable bonds is 1. The molecule has 0 amide bonds. The lowest BCUT2D eigenvalue weighted by molar-refractivity contribution is 0.960. The zero-order valence-electron chi connectivity index (χ0n) is 10.7. The van der Waals surface area contributed by atoms with E-state index in [-0.39, 0.29) is 5.57 Å². The Morgan fingerprint density at radius 2 is 1.94 bits per heavy atom. The summed E-state index contributed by atoms with van der Waals surface area (Å²) in [5.41, 5.74) is 4.93. The fourth-order valence-electron chi connectivity index (χ4n) is 2.41. The van der Waals surface area contributed by atoms with Gasteiger partial charge in [-0.2, -0.15) is 10.5 Å². The summed E-state index contributed by atoms with van der Waals surface area (Å²) in [7, 11) is 0. The topological polar surface area (TPSA) is 50.8 Å². The van der Waals surface area contributed by atoms with Crippen molar-refractivity contribution in [3.63, 3.8) is 0 Å². The molecule has 2 rings (SSSR count). The highest BCUT2D eigenvalue weighted by Crippen LogP contribution is 2.28. The summed E-state index contributed by atoms with van der Waals surface area (Å²) >= 11 is 0. The van der Waals surface area contributed by atoms with Crippen molar-refractivity contribution in [1.82, 2.24) is 0 Å². The van der Waals surface area contributed by atoms with Gasteiger partial charge in [0.05, 0.1) is 0 Å². The third-order valence-corrected chi connectivity index (χ3v) is 3.34. The smallest absolute Gasteiger partial charge is 0.130 e. The van der Waals surface area contributed by atoms with E-state index in [0.717, 1.165) is 18.5 Å². The minimum Gasteiger partial charge on any atom is -0.367 e. The van der Waals surface area contributed by atoms with Crippen LogP contribution in [0.5, 0.6) is 0 Å². The molecule has 1 fully saturated rings. The van der Waals surface area contributed by atoms with Gasteiger partial charge in [-0.1, -0.05) is 17.7 Å². The molecular formula is C15H15N3. The highest BCUT2D eigenvalue weighted by molar-refractivity contribution is 5.58. The van der Waals surface area contributed by atoms with Gasteiger partial charge in [0.15, 0.2) is 0 Å². The van der Waals surface area contributed by atoms with Crippen molar-refractivity contribution >= 4 is 5.69 Å².